The molecule has 0 aliphatic carbocycles. The third-order valence-corrected chi connectivity index (χ3v) is 2.72. The van der Waals surface area contributed by atoms with Gasteiger partial charge in [0.2, 0.25) is 0 Å². The molecule has 0 aliphatic rings. The normalized spacial score (nSPS) is 13.5. The predicted molar refractivity (Wildman–Crippen MR) is 60.4 cm³/mol. The Kier molecular flexibility index (Phi) is 4.36. The third-order valence-electron chi connectivity index (χ3n) is 2.72. The fourth-order valence-electron chi connectivity index (χ4n) is 1.27. The van der Waals surface area contributed by atoms with Gasteiger partial charge in [-0.2, -0.15) is 0 Å². The van der Waals surface area contributed by atoms with Gasteiger partial charge < -0.3 is 14.9 Å². The number of hydrogen-bond donors (Lipinski definition) is 1. The second kappa shape index (κ2) is 5.33. The largest absolute Gasteiger partial charge is 0.464 e. The highest BCUT2D eigenvalue weighted by Gasteiger charge is 2.10. The zero-order valence-electron chi connectivity index (χ0n) is 10.0. The summed E-state index contributed by atoms with van der Waals surface area (Å²) in [5.74, 6) is 2.28. The zero-order valence-corrected chi connectivity index (χ0v) is 10.0. The van der Waals surface area contributed by atoms with Gasteiger partial charge in [-0.25, -0.2) is 0 Å². The average molecular weight is 211 g/mol. The SMILES string of the molecule is Cc1oc(COC(C)C(C)C)cc1CN. The molecule has 0 amide bonds. The molecule has 0 fully saturated rings. The Morgan fingerprint density at radius 1 is 1.40 bits per heavy atom. The van der Waals surface area contributed by atoms with Gasteiger partial charge in [0, 0.05) is 12.1 Å². The van der Waals surface area contributed by atoms with E-state index in [0.717, 1.165) is 17.1 Å². The van der Waals surface area contributed by atoms with Crippen molar-refractivity contribution >= 4 is 0 Å². The first-order valence-electron chi connectivity index (χ1n) is 5.44. The van der Waals surface area contributed by atoms with E-state index in [2.05, 4.69) is 20.8 Å². The van der Waals surface area contributed by atoms with Crippen LogP contribution in [0.15, 0.2) is 10.5 Å². The first kappa shape index (κ1) is 12.3. The number of ether oxygens (including phenoxy) is 1. The summed E-state index contributed by atoms with van der Waals surface area (Å²) in [4.78, 5) is 0. The molecule has 0 radical (unpaired) electrons. The number of rotatable bonds is 5. The van der Waals surface area contributed by atoms with Crippen molar-refractivity contribution in [3.8, 4) is 0 Å². The molecule has 0 saturated heterocycles. The standard InChI is InChI=1S/C12H21NO2/c1-8(2)9(3)14-7-12-5-11(6-13)10(4)15-12/h5,8-9H,6-7,13H2,1-4H3. The molecule has 0 spiro atoms. The molecule has 15 heavy (non-hydrogen) atoms. The first-order chi connectivity index (χ1) is 7.04. The Bertz CT molecular complexity index is 305. The van der Waals surface area contributed by atoms with E-state index in [9.17, 15) is 0 Å². The van der Waals surface area contributed by atoms with Crippen molar-refractivity contribution in [2.75, 3.05) is 0 Å². The van der Waals surface area contributed by atoms with Gasteiger partial charge in [0.05, 0.1) is 6.10 Å². The molecular formula is C12H21NO2. The van der Waals surface area contributed by atoms with E-state index >= 15 is 0 Å². The monoisotopic (exact) mass is 211 g/mol. The highest BCUT2D eigenvalue weighted by Crippen LogP contribution is 2.16. The van der Waals surface area contributed by atoms with E-state index in [1.165, 1.54) is 0 Å². The molecule has 3 heteroatoms. The van der Waals surface area contributed by atoms with Gasteiger partial charge in [0.25, 0.3) is 0 Å². The molecular weight excluding hydrogens is 190 g/mol. The van der Waals surface area contributed by atoms with Crippen LogP contribution in [-0.2, 0) is 17.9 Å². The van der Waals surface area contributed by atoms with Crippen molar-refractivity contribution in [3.63, 3.8) is 0 Å². The maximum Gasteiger partial charge on any atom is 0.130 e. The summed E-state index contributed by atoms with van der Waals surface area (Å²) < 4.78 is 11.2. The summed E-state index contributed by atoms with van der Waals surface area (Å²) in [5.41, 5.74) is 6.63. The van der Waals surface area contributed by atoms with Gasteiger partial charge in [-0.1, -0.05) is 13.8 Å². The molecule has 0 aromatic carbocycles. The summed E-state index contributed by atoms with van der Waals surface area (Å²) in [6.07, 6.45) is 0.247. The smallest absolute Gasteiger partial charge is 0.130 e. The Balaban J connectivity index is 2.51. The molecule has 1 rings (SSSR count). The topological polar surface area (TPSA) is 48.4 Å². The molecule has 0 saturated carbocycles. The number of hydrogen-bond acceptors (Lipinski definition) is 3. The quantitative estimate of drug-likeness (QED) is 0.814. The van der Waals surface area contributed by atoms with Crippen LogP contribution < -0.4 is 5.73 Å². The van der Waals surface area contributed by atoms with E-state index in [4.69, 9.17) is 14.9 Å². The minimum Gasteiger partial charge on any atom is -0.464 e. The molecule has 2 N–H and O–H groups in total. The Labute approximate surface area is 91.6 Å². The molecule has 0 aliphatic heterocycles. The van der Waals surface area contributed by atoms with Crippen LogP contribution in [-0.4, -0.2) is 6.10 Å². The van der Waals surface area contributed by atoms with Gasteiger partial charge in [0.15, 0.2) is 0 Å². The Morgan fingerprint density at radius 3 is 2.53 bits per heavy atom. The third kappa shape index (κ3) is 3.36. The number of furan rings is 1. The van der Waals surface area contributed by atoms with E-state index < -0.39 is 0 Å². The van der Waals surface area contributed by atoms with E-state index in [-0.39, 0.29) is 6.10 Å². The van der Waals surface area contributed by atoms with E-state index in [0.29, 0.717) is 19.1 Å². The van der Waals surface area contributed by atoms with Crippen LogP contribution in [0, 0.1) is 12.8 Å². The van der Waals surface area contributed by atoms with Crippen LogP contribution in [0.1, 0.15) is 37.9 Å². The summed E-state index contributed by atoms with van der Waals surface area (Å²) >= 11 is 0. The second-order valence-electron chi connectivity index (χ2n) is 4.26. The summed E-state index contributed by atoms with van der Waals surface area (Å²) in [6.45, 7) is 9.34. The molecule has 1 unspecified atom stereocenters. The molecule has 3 nitrogen and oxygen atoms in total. The van der Waals surface area contributed by atoms with Crippen molar-refractivity contribution in [2.45, 2.75) is 47.0 Å². The van der Waals surface area contributed by atoms with Gasteiger partial charge in [-0.15, -0.1) is 0 Å². The first-order valence-corrected chi connectivity index (χ1v) is 5.44. The maximum atomic E-state index is 5.67. The second-order valence-corrected chi connectivity index (χ2v) is 4.26. The van der Waals surface area contributed by atoms with Crippen molar-refractivity contribution < 1.29 is 9.15 Å². The molecule has 1 aromatic heterocycles. The van der Waals surface area contributed by atoms with Crippen LogP contribution in [0.2, 0.25) is 0 Å². The zero-order chi connectivity index (χ0) is 11.4. The van der Waals surface area contributed by atoms with E-state index in [1.54, 1.807) is 0 Å². The van der Waals surface area contributed by atoms with Crippen LogP contribution in [0.5, 0.6) is 0 Å². The van der Waals surface area contributed by atoms with Gasteiger partial charge in [0.1, 0.15) is 18.1 Å². The predicted octanol–water partition coefficient (Wildman–Crippen LogP) is 2.61. The van der Waals surface area contributed by atoms with Gasteiger partial charge in [-0.3, -0.25) is 0 Å². The summed E-state index contributed by atoms with van der Waals surface area (Å²) in [7, 11) is 0. The van der Waals surface area contributed by atoms with Gasteiger partial charge >= 0.3 is 0 Å². The highest BCUT2D eigenvalue weighted by molar-refractivity contribution is 5.19. The van der Waals surface area contributed by atoms with Crippen LogP contribution in [0.3, 0.4) is 0 Å². The van der Waals surface area contributed by atoms with Crippen LogP contribution in [0.25, 0.3) is 0 Å². The molecule has 86 valence electrons. The van der Waals surface area contributed by atoms with Crippen molar-refractivity contribution in [2.24, 2.45) is 11.7 Å². The minimum atomic E-state index is 0.247. The Hall–Kier alpha value is -0.800. The lowest BCUT2D eigenvalue weighted by atomic mass is 10.1. The Morgan fingerprint density at radius 2 is 2.07 bits per heavy atom. The van der Waals surface area contributed by atoms with Crippen molar-refractivity contribution in [3.05, 3.63) is 23.2 Å². The lowest BCUT2D eigenvalue weighted by Gasteiger charge is -2.15. The van der Waals surface area contributed by atoms with E-state index in [1.807, 2.05) is 13.0 Å². The molecule has 1 atom stereocenters. The summed E-state index contributed by atoms with van der Waals surface area (Å²) in [5, 5.41) is 0. The highest BCUT2D eigenvalue weighted by atomic mass is 16.5. The lowest BCUT2D eigenvalue weighted by Crippen LogP contribution is -2.14. The average Bonchev–Trinajstić information content (AvgIpc) is 2.55. The maximum absolute atomic E-state index is 5.67. The van der Waals surface area contributed by atoms with Crippen molar-refractivity contribution in [1.29, 1.82) is 0 Å². The van der Waals surface area contributed by atoms with Crippen LogP contribution >= 0.6 is 0 Å². The fourth-order valence-corrected chi connectivity index (χ4v) is 1.27. The molecule has 1 heterocycles. The lowest BCUT2D eigenvalue weighted by molar-refractivity contribution is 0.0146. The fraction of sp³-hybridized carbons (Fsp3) is 0.667. The minimum absolute atomic E-state index is 0.247. The van der Waals surface area contributed by atoms with Crippen LogP contribution in [0.4, 0.5) is 0 Å². The van der Waals surface area contributed by atoms with Crippen molar-refractivity contribution in [1.82, 2.24) is 0 Å². The molecule has 0 bridgehead atoms. The summed E-state index contributed by atoms with van der Waals surface area (Å²) in [6, 6.07) is 1.97. The van der Waals surface area contributed by atoms with Gasteiger partial charge in [-0.05, 0) is 25.8 Å². The number of nitrogens with two attached hydrogens (primary N) is 1. The number of aryl methyl sites for hydroxylation is 1. The molecule has 1 aromatic rings.